The Balaban J connectivity index is 2.72. The van der Waals surface area contributed by atoms with Crippen molar-refractivity contribution in [3.63, 3.8) is 0 Å². The Morgan fingerprint density at radius 2 is 2.28 bits per heavy atom. The number of thiazole rings is 1. The third-order valence-electron chi connectivity index (χ3n) is 3.30. The van der Waals surface area contributed by atoms with Crippen LogP contribution in [0.2, 0.25) is 0 Å². The maximum atomic E-state index is 12.6. The zero-order chi connectivity index (χ0) is 18.4. The van der Waals surface area contributed by atoms with Crippen LogP contribution in [0.1, 0.15) is 12.5 Å². The summed E-state index contributed by atoms with van der Waals surface area (Å²) in [7, 11) is 0. The standard InChI is InChI=1S/C18H15N3O3S/c1-3-8-20-16(23)14(11-19)18-21(4-2)17(24)15(25-18)10-12-6-5-7-13(22)9-12/h1,5-7,9-10,22H,4,8H2,2H3,(H,20,23). The Labute approximate surface area is 148 Å². The number of carbonyl (C=O) groups excluding carboxylic acids is 1. The number of amides is 1. The van der Waals surface area contributed by atoms with Crippen LogP contribution in [0, 0.1) is 23.7 Å². The van der Waals surface area contributed by atoms with Gasteiger partial charge in [0.2, 0.25) is 0 Å². The van der Waals surface area contributed by atoms with Gasteiger partial charge in [0, 0.05) is 6.54 Å². The molecule has 2 aromatic rings. The topological polar surface area (TPSA) is 95.1 Å². The third-order valence-corrected chi connectivity index (χ3v) is 4.43. The van der Waals surface area contributed by atoms with Gasteiger partial charge < -0.3 is 10.4 Å². The summed E-state index contributed by atoms with van der Waals surface area (Å²) in [5.41, 5.74) is 0.182. The van der Waals surface area contributed by atoms with Crippen LogP contribution in [0.15, 0.2) is 29.1 Å². The van der Waals surface area contributed by atoms with Gasteiger partial charge in [0.25, 0.3) is 11.5 Å². The van der Waals surface area contributed by atoms with Gasteiger partial charge in [-0.15, -0.1) is 17.8 Å². The monoisotopic (exact) mass is 353 g/mol. The number of nitriles is 1. The van der Waals surface area contributed by atoms with Crippen LogP contribution in [-0.4, -0.2) is 22.1 Å². The minimum absolute atomic E-state index is 0.00593. The Bertz CT molecular complexity index is 1060. The van der Waals surface area contributed by atoms with Crippen molar-refractivity contribution in [2.24, 2.45) is 0 Å². The summed E-state index contributed by atoms with van der Waals surface area (Å²) in [5.74, 6) is 1.73. The number of phenols is 1. The first-order chi connectivity index (χ1) is 12.0. The molecule has 2 rings (SSSR count). The van der Waals surface area contributed by atoms with Crippen molar-refractivity contribution in [3.05, 3.63) is 49.4 Å². The van der Waals surface area contributed by atoms with Crippen LogP contribution >= 0.6 is 11.3 Å². The van der Waals surface area contributed by atoms with E-state index in [2.05, 4.69) is 11.2 Å². The van der Waals surface area contributed by atoms with E-state index in [1.54, 1.807) is 25.1 Å². The highest BCUT2D eigenvalue weighted by Crippen LogP contribution is 2.10. The smallest absolute Gasteiger partial charge is 0.269 e. The lowest BCUT2D eigenvalue weighted by Crippen LogP contribution is -2.34. The van der Waals surface area contributed by atoms with Gasteiger partial charge in [-0.2, -0.15) is 5.26 Å². The average molecular weight is 353 g/mol. The molecule has 1 amide bonds. The van der Waals surface area contributed by atoms with E-state index < -0.39 is 5.91 Å². The second-order valence-corrected chi connectivity index (χ2v) is 5.96. The number of aromatic nitrogens is 1. The summed E-state index contributed by atoms with van der Waals surface area (Å²) in [6, 6.07) is 8.29. The molecule has 7 heteroatoms. The fourth-order valence-electron chi connectivity index (χ4n) is 2.17. The summed E-state index contributed by atoms with van der Waals surface area (Å²) in [4.78, 5) is 24.7. The van der Waals surface area contributed by atoms with Crippen molar-refractivity contribution < 1.29 is 9.90 Å². The molecule has 0 aliphatic heterocycles. The summed E-state index contributed by atoms with van der Waals surface area (Å²) in [6.07, 6.45) is 6.71. The van der Waals surface area contributed by atoms with Gasteiger partial charge in [-0.25, -0.2) is 0 Å². The molecule has 0 radical (unpaired) electrons. The minimum Gasteiger partial charge on any atom is -0.508 e. The van der Waals surface area contributed by atoms with E-state index in [1.807, 2.05) is 6.07 Å². The molecule has 0 aliphatic carbocycles. The summed E-state index contributed by atoms with van der Waals surface area (Å²) in [6.45, 7) is 2.06. The number of nitrogens with one attached hydrogen (secondary N) is 1. The SMILES string of the molecule is C#CCNC(=O)C(C#N)=c1sc(=Cc2cccc(O)c2)c(=O)n1CC. The van der Waals surface area contributed by atoms with Crippen LogP contribution in [-0.2, 0) is 11.3 Å². The third kappa shape index (κ3) is 3.97. The lowest BCUT2D eigenvalue weighted by Gasteiger charge is -2.00. The number of carbonyl (C=O) groups is 1. The number of rotatable bonds is 4. The average Bonchev–Trinajstić information content (AvgIpc) is 2.89. The van der Waals surface area contributed by atoms with Crippen molar-refractivity contribution in [1.82, 2.24) is 9.88 Å². The number of phenolic OH excluding ortho intramolecular Hbond substituents is 1. The van der Waals surface area contributed by atoms with Crippen LogP contribution in [0.4, 0.5) is 0 Å². The van der Waals surface area contributed by atoms with E-state index in [4.69, 9.17) is 6.42 Å². The quantitative estimate of drug-likeness (QED) is 0.750. The predicted octanol–water partition coefficient (Wildman–Crippen LogP) is -0.112. The molecule has 1 aromatic heterocycles. The number of benzene rings is 1. The molecular formula is C18H15N3O3S. The van der Waals surface area contributed by atoms with E-state index in [9.17, 15) is 20.0 Å². The molecule has 0 fully saturated rings. The summed E-state index contributed by atoms with van der Waals surface area (Å²) < 4.78 is 2.00. The Morgan fingerprint density at radius 3 is 2.88 bits per heavy atom. The van der Waals surface area contributed by atoms with Gasteiger partial charge in [-0.05, 0) is 30.7 Å². The molecule has 0 saturated heterocycles. The highest BCUT2D eigenvalue weighted by atomic mass is 32.1. The van der Waals surface area contributed by atoms with Gasteiger partial charge in [-0.3, -0.25) is 14.2 Å². The van der Waals surface area contributed by atoms with Gasteiger partial charge in [0.1, 0.15) is 16.5 Å². The zero-order valence-electron chi connectivity index (χ0n) is 13.4. The molecule has 0 spiro atoms. The molecule has 6 nitrogen and oxygen atoms in total. The van der Waals surface area contributed by atoms with Gasteiger partial charge in [-0.1, -0.05) is 18.1 Å². The van der Waals surface area contributed by atoms with Crippen molar-refractivity contribution in [2.75, 3.05) is 6.54 Å². The van der Waals surface area contributed by atoms with Gasteiger partial charge >= 0.3 is 0 Å². The predicted molar refractivity (Wildman–Crippen MR) is 96.0 cm³/mol. The maximum Gasteiger partial charge on any atom is 0.269 e. The fraction of sp³-hybridized carbons (Fsp3) is 0.167. The van der Waals surface area contributed by atoms with Crippen molar-refractivity contribution >= 4 is 28.9 Å². The highest BCUT2D eigenvalue weighted by molar-refractivity contribution is 7.07. The number of terminal acetylenes is 1. The Kier molecular flexibility index (Phi) is 5.78. The second-order valence-electron chi connectivity index (χ2n) is 4.93. The number of hydrogen-bond donors (Lipinski definition) is 2. The molecule has 0 atom stereocenters. The molecular weight excluding hydrogens is 338 g/mol. The molecule has 1 aromatic carbocycles. The second kappa shape index (κ2) is 8.00. The molecule has 0 bridgehead atoms. The number of aromatic hydroxyl groups is 1. The summed E-state index contributed by atoms with van der Waals surface area (Å²) >= 11 is 1.05. The normalized spacial score (nSPS) is 12.2. The molecule has 0 saturated carbocycles. The van der Waals surface area contributed by atoms with E-state index in [-0.39, 0.29) is 28.1 Å². The summed E-state index contributed by atoms with van der Waals surface area (Å²) in [5, 5.41) is 21.3. The number of hydrogen-bond acceptors (Lipinski definition) is 5. The van der Waals surface area contributed by atoms with E-state index in [1.165, 1.54) is 16.7 Å². The highest BCUT2D eigenvalue weighted by Gasteiger charge is 2.14. The van der Waals surface area contributed by atoms with E-state index in [0.29, 0.717) is 16.6 Å². The van der Waals surface area contributed by atoms with Gasteiger partial charge in [0.05, 0.1) is 11.1 Å². The fourth-order valence-corrected chi connectivity index (χ4v) is 3.34. The van der Waals surface area contributed by atoms with Crippen molar-refractivity contribution in [1.29, 1.82) is 5.26 Å². The number of nitrogens with zero attached hydrogens (tertiary/aromatic N) is 2. The largest absolute Gasteiger partial charge is 0.508 e. The van der Waals surface area contributed by atoms with Gasteiger partial charge in [0.15, 0.2) is 5.57 Å². The first kappa shape index (κ1) is 18.1. The van der Waals surface area contributed by atoms with Crippen LogP contribution < -0.4 is 20.1 Å². The molecule has 25 heavy (non-hydrogen) atoms. The Hall–Kier alpha value is -3.29. The lowest BCUT2D eigenvalue weighted by atomic mass is 10.2. The molecule has 2 N–H and O–H groups in total. The lowest BCUT2D eigenvalue weighted by molar-refractivity contribution is -0.115. The molecule has 1 heterocycles. The minimum atomic E-state index is -0.618. The first-order valence-corrected chi connectivity index (χ1v) is 8.20. The molecule has 126 valence electrons. The maximum absolute atomic E-state index is 12.6. The van der Waals surface area contributed by atoms with Crippen molar-refractivity contribution in [2.45, 2.75) is 13.5 Å². The zero-order valence-corrected chi connectivity index (χ0v) is 14.3. The van der Waals surface area contributed by atoms with E-state index >= 15 is 0 Å². The van der Waals surface area contributed by atoms with Crippen molar-refractivity contribution in [3.8, 4) is 24.2 Å². The molecule has 0 unspecified atom stereocenters. The van der Waals surface area contributed by atoms with Crippen LogP contribution in [0.5, 0.6) is 5.75 Å². The van der Waals surface area contributed by atoms with Crippen LogP contribution in [0.3, 0.4) is 0 Å². The Morgan fingerprint density at radius 1 is 1.52 bits per heavy atom. The molecule has 0 aliphatic rings. The van der Waals surface area contributed by atoms with Crippen LogP contribution in [0.25, 0.3) is 11.6 Å². The first-order valence-electron chi connectivity index (χ1n) is 7.38. The van der Waals surface area contributed by atoms with E-state index in [0.717, 1.165) is 11.3 Å².